The summed E-state index contributed by atoms with van der Waals surface area (Å²) in [7, 11) is 1.28. The zero-order valence-electron chi connectivity index (χ0n) is 11.7. The van der Waals surface area contributed by atoms with E-state index in [0.29, 0.717) is 16.3 Å². The molecule has 0 radical (unpaired) electrons. The molecule has 0 heterocycles. The van der Waals surface area contributed by atoms with E-state index in [1.54, 1.807) is 30.3 Å². The molecule has 0 aliphatic rings. The van der Waals surface area contributed by atoms with Gasteiger partial charge < -0.3 is 14.6 Å². The monoisotopic (exact) mass is 320 g/mol. The molecule has 0 saturated heterocycles. The summed E-state index contributed by atoms with van der Waals surface area (Å²) >= 11 is 6.00. The lowest BCUT2D eigenvalue weighted by Crippen LogP contribution is -2.12. The standard InChI is InChI=1S/C16H13ClO5/c1-21-15(18)9-22-14-7-6-12(17)8-13(14)10-2-4-11(5-3-10)16(19)20/h2-8H,9H2,1H3,(H,19,20). The van der Waals surface area contributed by atoms with Gasteiger partial charge in [-0.05, 0) is 35.9 Å². The molecule has 0 amide bonds. The fourth-order valence-electron chi connectivity index (χ4n) is 1.84. The van der Waals surface area contributed by atoms with Gasteiger partial charge in [-0.1, -0.05) is 23.7 Å². The molecule has 0 saturated carbocycles. The molecule has 0 spiro atoms. The molecule has 0 aliphatic carbocycles. The van der Waals surface area contributed by atoms with Gasteiger partial charge in [0.25, 0.3) is 0 Å². The minimum atomic E-state index is -1.00. The summed E-state index contributed by atoms with van der Waals surface area (Å²) in [5.41, 5.74) is 1.57. The second kappa shape index (κ2) is 6.95. The zero-order chi connectivity index (χ0) is 16.1. The molecule has 0 aliphatic heterocycles. The Bertz CT molecular complexity index is 694. The number of carbonyl (C=O) groups is 2. The van der Waals surface area contributed by atoms with E-state index < -0.39 is 11.9 Å². The molecule has 0 aromatic heterocycles. The highest BCUT2D eigenvalue weighted by Gasteiger charge is 2.11. The Hall–Kier alpha value is -2.53. The highest BCUT2D eigenvalue weighted by molar-refractivity contribution is 6.31. The van der Waals surface area contributed by atoms with Crippen LogP contribution in [0.1, 0.15) is 10.4 Å². The lowest BCUT2D eigenvalue weighted by atomic mass is 10.0. The van der Waals surface area contributed by atoms with Crippen LogP contribution in [0, 0.1) is 0 Å². The maximum absolute atomic E-state index is 11.2. The predicted molar refractivity (Wildman–Crippen MR) is 81.4 cm³/mol. The molecular formula is C16H13ClO5. The van der Waals surface area contributed by atoms with E-state index in [9.17, 15) is 9.59 Å². The van der Waals surface area contributed by atoms with Gasteiger partial charge in [-0.15, -0.1) is 0 Å². The van der Waals surface area contributed by atoms with Gasteiger partial charge in [0.15, 0.2) is 6.61 Å². The summed E-state index contributed by atoms with van der Waals surface area (Å²) in [6.45, 7) is -0.224. The number of hydrogen-bond donors (Lipinski definition) is 1. The minimum Gasteiger partial charge on any atom is -0.481 e. The van der Waals surface area contributed by atoms with Gasteiger partial charge >= 0.3 is 11.9 Å². The summed E-state index contributed by atoms with van der Waals surface area (Å²) in [5, 5.41) is 9.42. The Kier molecular flexibility index (Phi) is 5.01. The average Bonchev–Trinajstić information content (AvgIpc) is 2.53. The van der Waals surface area contributed by atoms with Gasteiger partial charge in [-0.2, -0.15) is 0 Å². The number of halogens is 1. The first-order valence-corrected chi connectivity index (χ1v) is 6.72. The van der Waals surface area contributed by atoms with Crippen molar-refractivity contribution in [2.75, 3.05) is 13.7 Å². The SMILES string of the molecule is COC(=O)COc1ccc(Cl)cc1-c1ccc(C(=O)O)cc1. The number of aromatic carboxylic acids is 1. The number of ether oxygens (including phenoxy) is 2. The number of hydrogen-bond acceptors (Lipinski definition) is 4. The van der Waals surface area contributed by atoms with Crippen LogP contribution in [0.4, 0.5) is 0 Å². The molecule has 2 rings (SSSR count). The van der Waals surface area contributed by atoms with Gasteiger partial charge in [0.2, 0.25) is 0 Å². The number of esters is 1. The van der Waals surface area contributed by atoms with Gasteiger partial charge in [-0.25, -0.2) is 9.59 Å². The second-order valence-corrected chi connectivity index (χ2v) is 4.82. The Morgan fingerprint density at radius 1 is 1.14 bits per heavy atom. The summed E-state index contributed by atoms with van der Waals surface area (Å²) in [6.07, 6.45) is 0. The first-order valence-electron chi connectivity index (χ1n) is 6.34. The molecule has 6 heteroatoms. The molecule has 1 N–H and O–H groups in total. The third-order valence-corrected chi connectivity index (χ3v) is 3.19. The van der Waals surface area contributed by atoms with Crippen LogP contribution in [0.2, 0.25) is 5.02 Å². The van der Waals surface area contributed by atoms with Gasteiger partial charge in [0.1, 0.15) is 5.75 Å². The molecule has 22 heavy (non-hydrogen) atoms. The molecule has 2 aromatic carbocycles. The molecule has 0 atom stereocenters. The Balaban J connectivity index is 2.33. The first kappa shape index (κ1) is 15.9. The molecule has 2 aromatic rings. The smallest absolute Gasteiger partial charge is 0.343 e. The topological polar surface area (TPSA) is 72.8 Å². The fraction of sp³-hybridized carbons (Fsp3) is 0.125. The summed E-state index contributed by atoms with van der Waals surface area (Å²) < 4.78 is 9.96. The minimum absolute atomic E-state index is 0.183. The quantitative estimate of drug-likeness (QED) is 0.856. The van der Waals surface area contributed by atoms with E-state index in [2.05, 4.69) is 4.74 Å². The maximum Gasteiger partial charge on any atom is 0.343 e. The highest BCUT2D eigenvalue weighted by Crippen LogP contribution is 2.32. The summed E-state index contributed by atoms with van der Waals surface area (Å²) in [4.78, 5) is 22.1. The van der Waals surface area contributed by atoms with Crippen molar-refractivity contribution < 1.29 is 24.2 Å². The van der Waals surface area contributed by atoms with E-state index in [-0.39, 0.29) is 12.2 Å². The number of methoxy groups -OCH3 is 1. The molecule has 0 fully saturated rings. The average molecular weight is 321 g/mol. The van der Waals surface area contributed by atoms with E-state index in [1.807, 2.05) is 0 Å². The fourth-order valence-corrected chi connectivity index (χ4v) is 2.01. The van der Waals surface area contributed by atoms with Crippen LogP contribution >= 0.6 is 11.6 Å². The summed E-state index contributed by atoms with van der Waals surface area (Å²) in [6, 6.07) is 11.3. The van der Waals surface area contributed by atoms with Crippen LogP contribution in [0.5, 0.6) is 5.75 Å². The third-order valence-electron chi connectivity index (χ3n) is 2.96. The number of carbonyl (C=O) groups excluding carboxylic acids is 1. The van der Waals surface area contributed by atoms with E-state index in [4.69, 9.17) is 21.4 Å². The van der Waals surface area contributed by atoms with E-state index >= 15 is 0 Å². The zero-order valence-corrected chi connectivity index (χ0v) is 12.5. The van der Waals surface area contributed by atoms with Crippen molar-refractivity contribution in [2.45, 2.75) is 0 Å². The summed E-state index contributed by atoms with van der Waals surface area (Å²) in [5.74, 6) is -1.04. The molecular weight excluding hydrogens is 308 g/mol. The van der Waals surface area contributed by atoms with Crippen molar-refractivity contribution in [1.29, 1.82) is 0 Å². The van der Waals surface area contributed by atoms with Crippen LogP contribution in [0.3, 0.4) is 0 Å². The lowest BCUT2D eigenvalue weighted by molar-refractivity contribution is -0.142. The van der Waals surface area contributed by atoms with Crippen LogP contribution in [-0.2, 0) is 9.53 Å². The molecule has 114 valence electrons. The number of carboxylic acids is 1. The van der Waals surface area contributed by atoms with Crippen LogP contribution in [0.15, 0.2) is 42.5 Å². The van der Waals surface area contributed by atoms with Gasteiger partial charge in [0, 0.05) is 10.6 Å². The Morgan fingerprint density at radius 2 is 1.82 bits per heavy atom. The van der Waals surface area contributed by atoms with Gasteiger partial charge in [-0.3, -0.25) is 0 Å². The normalized spacial score (nSPS) is 10.1. The first-order chi connectivity index (χ1) is 10.5. The molecule has 5 nitrogen and oxygen atoms in total. The van der Waals surface area contributed by atoms with Crippen molar-refractivity contribution in [2.24, 2.45) is 0 Å². The van der Waals surface area contributed by atoms with Crippen molar-refractivity contribution in [1.82, 2.24) is 0 Å². The molecule has 0 unspecified atom stereocenters. The third kappa shape index (κ3) is 3.77. The molecule has 0 bridgehead atoms. The Labute approximate surface area is 132 Å². The Morgan fingerprint density at radius 3 is 2.41 bits per heavy atom. The van der Waals surface area contributed by atoms with E-state index in [1.165, 1.54) is 19.2 Å². The van der Waals surface area contributed by atoms with Crippen molar-refractivity contribution in [3.05, 3.63) is 53.1 Å². The number of carboxylic acid groups (broad SMARTS) is 1. The largest absolute Gasteiger partial charge is 0.481 e. The number of benzene rings is 2. The van der Waals surface area contributed by atoms with Crippen LogP contribution in [-0.4, -0.2) is 30.8 Å². The predicted octanol–water partition coefficient (Wildman–Crippen LogP) is 3.26. The second-order valence-electron chi connectivity index (χ2n) is 4.39. The van der Waals surface area contributed by atoms with Crippen molar-refractivity contribution in [3.63, 3.8) is 0 Å². The van der Waals surface area contributed by atoms with Crippen molar-refractivity contribution >= 4 is 23.5 Å². The number of rotatable bonds is 5. The highest BCUT2D eigenvalue weighted by atomic mass is 35.5. The van der Waals surface area contributed by atoms with E-state index in [0.717, 1.165) is 5.56 Å². The van der Waals surface area contributed by atoms with Gasteiger partial charge in [0.05, 0.1) is 12.7 Å². The van der Waals surface area contributed by atoms with Crippen LogP contribution in [0.25, 0.3) is 11.1 Å². The lowest BCUT2D eigenvalue weighted by Gasteiger charge is -2.11. The van der Waals surface area contributed by atoms with Crippen molar-refractivity contribution in [3.8, 4) is 16.9 Å². The maximum atomic E-state index is 11.2. The van der Waals surface area contributed by atoms with Crippen LogP contribution < -0.4 is 4.74 Å².